The number of carbonyl (C=O) groups is 1. The molecule has 0 bridgehead atoms. The lowest BCUT2D eigenvalue weighted by Crippen LogP contribution is -2.46. The number of carbonyl (C=O) groups excluding carboxylic acids is 1. The molecule has 2 N–H and O–H groups in total. The number of nitrogens with one attached hydrogen (secondary N) is 1. The van der Waals surface area contributed by atoms with Crippen LogP contribution in [0.15, 0.2) is 6.07 Å². The number of rotatable bonds is 4. The largest absolute Gasteiger partial charge is 0.384 e. The molecule has 5 heteroatoms. The minimum atomic E-state index is -0.416. The number of thiophene rings is 1. The number of hydrogen-bond donors (Lipinski definition) is 2. The van der Waals surface area contributed by atoms with Crippen LogP contribution in [0.2, 0.25) is 0 Å². The quantitative estimate of drug-likeness (QED) is 0.823. The second-order valence-corrected chi connectivity index (χ2v) is 5.91. The van der Waals surface area contributed by atoms with Gasteiger partial charge >= 0.3 is 0 Å². The highest BCUT2D eigenvalue weighted by Gasteiger charge is 2.22. The van der Waals surface area contributed by atoms with Gasteiger partial charge in [0.1, 0.15) is 6.61 Å². The first kappa shape index (κ1) is 15.7. The van der Waals surface area contributed by atoms with Gasteiger partial charge in [-0.05, 0) is 32.4 Å². The summed E-state index contributed by atoms with van der Waals surface area (Å²) in [5.41, 5.74) is 0.529. The minimum Gasteiger partial charge on any atom is -0.384 e. The van der Waals surface area contributed by atoms with Gasteiger partial charge in [0.15, 0.2) is 0 Å². The van der Waals surface area contributed by atoms with Gasteiger partial charge in [-0.3, -0.25) is 4.79 Å². The normalized spacial score (nSPS) is 10.8. The number of amides is 1. The minimum absolute atomic E-state index is 0.132. The van der Waals surface area contributed by atoms with E-state index in [0.717, 1.165) is 10.4 Å². The van der Waals surface area contributed by atoms with Crippen molar-refractivity contribution in [1.82, 2.24) is 5.32 Å². The lowest BCUT2D eigenvalue weighted by atomic mass is 10.1. The molecule has 0 aliphatic rings. The fourth-order valence-electron chi connectivity index (χ4n) is 1.60. The summed E-state index contributed by atoms with van der Waals surface area (Å²) in [6.45, 7) is 5.97. The summed E-state index contributed by atoms with van der Waals surface area (Å²) in [5.74, 6) is 5.30. The number of ether oxygens (including phenoxy) is 1. The molecule has 0 aromatic carbocycles. The molecule has 0 aliphatic heterocycles. The number of aryl methyl sites for hydroxylation is 1. The molecule has 0 atom stereocenters. The maximum atomic E-state index is 12.1. The molecule has 1 heterocycles. The molecule has 1 aromatic heterocycles. The Labute approximate surface area is 117 Å². The maximum Gasteiger partial charge on any atom is 0.261 e. The Hall–Kier alpha value is -1.35. The molecule has 104 valence electrons. The van der Waals surface area contributed by atoms with Gasteiger partial charge in [0, 0.05) is 7.11 Å². The van der Waals surface area contributed by atoms with E-state index >= 15 is 0 Å². The molecule has 4 nitrogen and oxygen atoms in total. The van der Waals surface area contributed by atoms with Crippen LogP contribution in [0.4, 0.5) is 0 Å². The summed E-state index contributed by atoms with van der Waals surface area (Å²) < 4.78 is 5.06. The summed E-state index contributed by atoms with van der Waals surface area (Å²) in [4.78, 5) is 13.5. The van der Waals surface area contributed by atoms with Gasteiger partial charge in [0.25, 0.3) is 5.91 Å². The highest BCUT2D eigenvalue weighted by Crippen LogP contribution is 2.21. The number of aliphatic hydroxyl groups is 1. The van der Waals surface area contributed by atoms with Crippen LogP contribution in [0.5, 0.6) is 0 Å². The zero-order valence-corrected chi connectivity index (χ0v) is 12.5. The molecule has 0 saturated carbocycles. The zero-order chi connectivity index (χ0) is 14.5. The Bertz CT molecular complexity index is 508. The summed E-state index contributed by atoms with van der Waals surface area (Å²) >= 11 is 1.33. The standard InChI is InChI=1S/C14H19NO3S/c1-10-8-12(19-11(10)6-5-7-16)13(17)15-14(2,3)9-18-4/h8,16H,7,9H2,1-4H3,(H,15,17). The highest BCUT2D eigenvalue weighted by atomic mass is 32.1. The van der Waals surface area contributed by atoms with Crippen molar-refractivity contribution in [3.05, 3.63) is 21.4 Å². The maximum absolute atomic E-state index is 12.1. The van der Waals surface area contributed by atoms with Crippen LogP contribution >= 0.6 is 11.3 Å². The van der Waals surface area contributed by atoms with E-state index in [1.54, 1.807) is 7.11 Å². The molecule has 0 aliphatic carbocycles. The Morgan fingerprint density at radius 3 is 2.84 bits per heavy atom. The second-order valence-electron chi connectivity index (χ2n) is 4.85. The second kappa shape index (κ2) is 6.71. The molecule has 19 heavy (non-hydrogen) atoms. The van der Waals surface area contributed by atoms with Gasteiger partial charge in [-0.15, -0.1) is 11.3 Å². The zero-order valence-electron chi connectivity index (χ0n) is 11.7. The van der Waals surface area contributed by atoms with E-state index < -0.39 is 5.54 Å². The van der Waals surface area contributed by atoms with E-state index in [1.807, 2.05) is 26.8 Å². The lowest BCUT2D eigenvalue weighted by molar-refractivity contribution is 0.0824. The van der Waals surface area contributed by atoms with Gasteiger partial charge in [0.2, 0.25) is 0 Å². The molecule has 0 saturated heterocycles. The number of methoxy groups -OCH3 is 1. The monoisotopic (exact) mass is 281 g/mol. The van der Waals surface area contributed by atoms with Crippen LogP contribution in [0.25, 0.3) is 0 Å². The summed E-state index contributed by atoms with van der Waals surface area (Å²) in [5, 5.41) is 11.6. The van der Waals surface area contributed by atoms with E-state index in [4.69, 9.17) is 9.84 Å². The Morgan fingerprint density at radius 1 is 1.58 bits per heavy atom. The van der Waals surface area contributed by atoms with E-state index in [-0.39, 0.29) is 12.5 Å². The first-order chi connectivity index (χ1) is 8.89. The van der Waals surface area contributed by atoms with Crippen molar-refractivity contribution in [2.24, 2.45) is 0 Å². The van der Waals surface area contributed by atoms with Crippen LogP contribution < -0.4 is 5.32 Å². The Balaban J connectivity index is 2.84. The van der Waals surface area contributed by atoms with Gasteiger partial charge < -0.3 is 15.2 Å². The van der Waals surface area contributed by atoms with E-state index in [2.05, 4.69) is 17.2 Å². The van der Waals surface area contributed by atoms with Gasteiger partial charge in [-0.2, -0.15) is 0 Å². The van der Waals surface area contributed by atoms with Crippen LogP contribution in [0.3, 0.4) is 0 Å². The molecule has 0 fully saturated rings. The molecule has 0 unspecified atom stereocenters. The van der Waals surface area contributed by atoms with Crippen molar-refractivity contribution in [1.29, 1.82) is 0 Å². The lowest BCUT2D eigenvalue weighted by Gasteiger charge is -2.24. The van der Waals surface area contributed by atoms with Gasteiger partial charge in [0.05, 0.1) is 21.9 Å². The molecule has 1 aromatic rings. The smallest absolute Gasteiger partial charge is 0.261 e. The summed E-state index contributed by atoms with van der Waals surface area (Å²) in [7, 11) is 1.60. The first-order valence-corrected chi connectivity index (χ1v) is 6.73. The van der Waals surface area contributed by atoms with E-state index in [1.165, 1.54) is 11.3 Å². The molecule has 1 rings (SSSR count). The molecule has 0 radical (unpaired) electrons. The third-order valence-electron chi connectivity index (χ3n) is 2.38. The Morgan fingerprint density at radius 2 is 2.26 bits per heavy atom. The average Bonchev–Trinajstić information content (AvgIpc) is 2.67. The van der Waals surface area contributed by atoms with Crippen molar-refractivity contribution >= 4 is 17.2 Å². The van der Waals surface area contributed by atoms with E-state index in [0.29, 0.717) is 11.5 Å². The number of hydrogen-bond acceptors (Lipinski definition) is 4. The third kappa shape index (κ3) is 4.67. The van der Waals surface area contributed by atoms with Crippen LogP contribution in [0.1, 0.15) is 34.0 Å². The van der Waals surface area contributed by atoms with Gasteiger partial charge in [-0.25, -0.2) is 0 Å². The van der Waals surface area contributed by atoms with Crippen molar-refractivity contribution in [2.75, 3.05) is 20.3 Å². The molecule has 0 spiro atoms. The average molecular weight is 281 g/mol. The molecular formula is C14H19NO3S. The first-order valence-electron chi connectivity index (χ1n) is 5.91. The van der Waals surface area contributed by atoms with Crippen LogP contribution in [-0.2, 0) is 4.74 Å². The predicted molar refractivity (Wildman–Crippen MR) is 76.4 cm³/mol. The third-order valence-corrected chi connectivity index (χ3v) is 3.53. The van der Waals surface area contributed by atoms with Gasteiger partial charge in [-0.1, -0.05) is 11.8 Å². The van der Waals surface area contributed by atoms with Crippen molar-refractivity contribution in [2.45, 2.75) is 26.3 Å². The highest BCUT2D eigenvalue weighted by molar-refractivity contribution is 7.14. The topological polar surface area (TPSA) is 58.6 Å². The van der Waals surface area contributed by atoms with Crippen molar-refractivity contribution in [3.63, 3.8) is 0 Å². The Kier molecular flexibility index (Phi) is 5.55. The SMILES string of the molecule is COCC(C)(C)NC(=O)c1cc(C)c(C#CCO)s1. The summed E-state index contributed by atoms with van der Waals surface area (Å²) in [6.07, 6.45) is 0. The van der Waals surface area contributed by atoms with Crippen LogP contribution in [0, 0.1) is 18.8 Å². The fourth-order valence-corrected chi connectivity index (χ4v) is 2.55. The van der Waals surface area contributed by atoms with Crippen molar-refractivity contribution < 1.29 is 14.6 Å². The summed E-state index contributed by atoms with van der Waals surface area (Å²) in [6, 6.07) is 1.81. The molecule has 1 amide bonds. The van der Waals surface area contributed by atoms with Crippen LogP contribution in [-0.4, -0.2) is 36.9 Å². The number of aliphatic hydroxyl groups excluding tert-OH is 1. The fraction of sp³-hybridized carbons (Fsp3) is 0.500. The molecular weight excluding hydrogens is 262 g/mol. The van der Waals surface area contributed by atoms with E-state index in [9.17, 15) is 4.79 Å². The predicted octanol–water partition coefficient (Wildman–Crippen LogP) is 1.56. The van der Waals surface area contributed by atoms with Crippen molar-refractivity contribution in [3.8, 4) is 11.8 Å².